The van der Waals surface area contributed by atoms with Crippen molar-refractivity contribution in [2.24, 2.45) is 0 Å². The van der Waals surface area contributed by atoms with E-state index in [4.69, 9.17) is 16.0 Å². The first-order chi connectivity index (χ1) is 9.81. The Kier molecular flexibility index (Phi) is 4.33. The molecule has 1 aliphatic rings. The highest BCUT2D eigenvalue weighted by Crippen LogP contribution is 2.21. The van der Waals surface area contributed by atoms with Crippen molar-refractivity contribution < 1.29 is 4.42 Å². The summed E-state index contributed by atoms with van der Waals surface area (Å²) in [6.07, 6.45) is 5.70. The Labute approximate surface area is 123 Å². The van der Waals surface area contributed by atoms with Gasteiger partial charge in [-0.15, -0.1) is 10.2 Å². The van der Waals surface area contributed by atoms with Gasteiger partial charge in [-0.05, 0) is 56.5 Å². The smallest absolute Gasteiger partial charge is 0.247 e. The van der Waals surface area contributed by atoms with Crippen molar-refractivity contribution in [3.05, 3.63) is 35.2 Å². The van der Waals surface area contributed by atoms with Crippen LogP contribution < -0.4 is 5.32 Å². The van der Waals surface area contributed by atoms with Gasteiger partial charge in [0.1, 0.15) is 0 Å². The molecular weight excluding hydrogens is 274 g/mol. The molecule has 1 atom stereocenters. The maximum Gasteiger partial charge on any atom is 0.247 e. The maximum absolute atomic E-state index is 5.86. The van der Waals surface area contributed by atoms with Gasteiger partial charge in [-0.1, -0.05) is 11.6 Å². The van der Waals surface area contributed by atoms with Gasteiger partial charge in [-0.2, -0.15) is 0 Å². The van der Waals surface area contributed by atoms with E-state index in [9.17, 15) is 0 Å². The zero-order valence-corrected chi connectivity index (χ0v) is 12.1. The van der Waals surface area contributed by atoms with E-state index in [0.29, 0.717) is 22.8 Å². The number of hydrogen-bond acceptors (Lipinski definition) is 4. The summed E-state index contributed by atoms with van der Waals surface area (Å²) in [4.78, 5) is 0. The van der Waals surface area contributed by atoms with Crippen LogP contribution in [0.2, 0.25) is 5.02 Å². The van der Waals surface area contributed by atoms with Crippen LogP contribution in [0.3, 0.4) is 0 Å². The minimum Gasteiger partial charge on any atom is -0.421 e. The van der Waals surface area contributed by atoms with Gasteiger partial charge in [0.05, 0.1) is 0 Å². The number of hydrogen-bond donors (Lipinski definition) is 1. The quantitative estimate of drug-likeness (QED) is 0.916. The number of nitrogens with zero attached hydrogens (tertiary/aromatic N) is 2. The number of aromatic nitrogens is 2. The molecule has 1 aliphatic heterocycles. The van der Waals surface area contributed by atoms with Crippen molar-refractivity contribution in [2.45, 2.75) is 38.1 Å². The van der Waals surface area contributed by atoms with Crippen molar-refractivity contribution in [3.63, 3.8) is 0 Å². The van der Waals surface area contributed by atoms with Gasteiger partial charge in [-0.3, -0.25) is 0 Å². The van der Waals surface area contributed by atoms with Crippen molar-refractivity contribution in [1.29, 1.82) is 0 Å². The van der Waals surface area contributed by atoms with E-state index in [2.05, 4.69) is 15.5 Å². The van der Waals surface area contributed by atoms with Crippen molar-refractivity contribution in [3.8, 4) is 11.5 Å². The summed E-state index contributed by atoms with van der Waals surface area (Å²) >= 11 is 5.86. The van der Waals surface area contributed by atoms with E-state index < -0.39 is 0 Å². The summed E-state index contributed by atoms with van der Waals surface area (Å²) < 4.78 is 5.69. The molecule has 2 heterocycles. The third kappa shape index (κ3) is 3.38. The molecule has 0 spiro atoms. The molecule has 1 aromatic heterocycles. The van der Waals surface area contributed by atoms with Crippen molar-refractivity contribution in [2.75, 3.05) is 6.54 Å². The molecule has 0 amide bonds. The predicted octanol–water partition coefficient (Wildman–Crippen LogP) is 3.46. The Bertz CT molecular complexity index is 547. The molecule has 0 bridgehead atoms. The first-order valence-corrected chi connectivity index (χ1v) is 7.51. The summed E-state index contributed by atoms with van der Waals surface area (Å²) in [6, 6.07) is 8.11. The highest BCUT2D eigenvalue weighted by molar-refractivity contribution is 6.30. The minimum absolute atomic E-state index is 0.565. The first kappa shape index (κ1) is 13.6. The zero-order valence-electron chi connectivity index (χ0n) is 11.3. The molecule has 1 N–H and O–H groups in total. The number of halogens is 1. The molecule has 0 saturated carbocycles. The van der Waals surface area contributed by atoms with Crippen LogP contribution in [0, 0.1) is 0 Å². The van der Waals surface area contributed by atoms with E-state index in [1.807, 2.05) is 24.3 Å². The second-order valence-corrected chi connectivity index (χ2v) is 5.63. The van der Waals surface area contributed by atoms with E-state index in [0.717, 1.165) is 24.9 Å². The van der Waals surface area contributed by atoms with Crippen molar-refractivity contribution >= 4 is 11.6 Å². The Morgan fingerprint density at radius 3 is 2.85 bits per heavy atom. The molecular formula is C15H18ClN3O. The van der Waals surface area contributed by atoms with E-state index in [1.165, 1.54) is 19.3 Å². The Hall–Kier alpha value is -1.39. The number of aryl methyl sites for hydroxylation is 1. The fraction of sp³-hybridized carbons (Fsp3) is 0.467. The lowest BCUT2D eigenvalue weighted by molar-refractivity contribution is 0.471. The monoisotopic (exact) mass is 291 g/mol. The van der Waals surface area contributed by atoms with Gasteiger partial charge >= 0.3 is 0 Å². The standard InChI is InChI=1S/C15H18ClN3O/c16-12-8-6-11(7-9-12)15-19-18-14(20-15)5-1-3-13-4-2-10-17-13/h6-9,13,17H,1-5,10H2. The average molecular weight is 292 g/mol. The number of rotatable bonds is 5. The predicted molar refractivity (Wildman–Crippen MR) is 78.7 cm³/mol. The largest absolute Gasteiger partial charge is 0.421 e. The molecule has 3 rings (SSSR count). The molecule has 1 fully saturated rings. The molecule has 0 radical (unpaired) electrons. The van der Waals surface area contributed by atoms with Crippen molar-refractivity contribution in [1.82, 2.24) is 15.5 Å². The number of nitrogens with one attached hydrogen (secondary N) is 1. The summed E-state index contributed by atoms with van der Waals surface area (Å²) in [5.41, 5.74) is 0.908. The Morgan fingerprint density at radius 1 is 1.25 bits per heavy atom. The van der Waals surface area contributed by atoms with Crippen LogP contribution in [0.25, 0.3) is 11.5 Å². The van der Waals surface area contributed by atoms with Gasteiger partial charge < -0.3 is 9.73 Å². The van der Waals surface area contributed by atoms with Crippen LogP contribution in [0.15, 0.2) is 28.7 Å². The van der Waals surface area contributed by atoms with Crippen LogP contribution in [0.1, 0.15) is 31.6 Å². The molecule has 0 aliphatic carbocycles. The molecule has 20 heavy (non-hydrogen) atoms. The second kappa shape index (κ2) is 6.37. The van der Waals surface area contributed by atoms with Crippen LogP contribution in [-0.4, -0.2) is 22.8 Å². The van der Waals surface area contributed by atoms with Crippen LogP contribution in [0.5, 0.6) is 0 Å². The number of benzene rings is 1. The third-order valence-electron chi connectivity index (χ3n) is 3.66. The van der Waals surface area contributed by atoms with Gasteiger partial charge in [0.2, 0.25) is 11.8 Å². The van der Waals surface area contributed by atoms with E-state index >= 15 is 0 Å². The van der Waals surface area contributed by atoms with Crippen LogP contribution in [-0.2, 0) is 6.42 Å². The SMILES string of the molecule is Clc1ccc(-c2nnc(CCCC3CCCN3)o2)cc1. The first-order valence-electron chi connectivity index (χ1n) is 7.13. The van der Waals surface area contributed by atoms with Crippen LogP contribution in [0.4, 0.5) is 0 Å². The summed E-state index contributed by atoms with van der Waals surface area (Å²) in [6.45, 7) is 1.16. The van der Waals surface area contributed by atoms with E-state index in [-0.39, 0.29) is 0 Å². The molecule has 106 valence electrons. The fourth-order valence-electron chi connectivity index (χ4n) is 2.57. The maximum atomic E-state index is 5.86. The second-order valence-electron chi connectivity index (χ2n) is 5.19. The summed E-state index contributed by atoms with van der Waals surface area (Å²) in [7, 11) is 0. The fourth-order valence-corrected chi connectivity index (χ4v) is 2.69. The van der Waals surface area contributed by atoms with Gasteiger partial charge in [0.15, 0.2) is 0 Å². The molecule has 1 unspecified atom stereocenters. The highest BCUT2D eigenvalue weighted by Gasteiger charge is 2.14. The van der Waals surface area contributed by atoms with Crippen LogP contribution >= 0.6 is 11.6 Å². The summed E-state index contributed by atoms with van der Waals surface area (Å²) in [5.74, 6) is 1.28. The lowest BCUT2D eigenvalue weighted by Crippen LogP contribution is -2.21. The van der Waals surface area contributed by atoms with E-state index in [1.54, 1.807) is 0 Å². The van der Waals surface area contributed by atoms with Gasteiger partial charge in [0, 0.05) is 23.0 Å². The Balaban J connectivity index is 1.55. The molecule has 5 heteroatoms. The van der Waals surface area contributed by atoms with Gasteiger partial charge in [0.25, 0.3) is 0 Å². The highest BCUT2D eigenvalue weighted by atomic mass is 35.5. The summed E-state index contributed by atoms with van der Waals surface area (Å²) in [5, 5.41) is 12.4. The lowest BCUT2D eigenvalue weighted by atomic mass is 10.1. The minimum atomic E-state index is 0.565. The Morgan fingerprint density at radius 2 is 2.10 bits per heavy atom. The van der Waals surface area contributed by atoms with Gasteiger partial charge in [-0.25, -0.2) is 0 Å². The average Bonchev–Trinajstić information content (AvgIpc) is 3.11. The zero-order chi connectivity index (χ0) is 13.8. The molecule has 1 saturated heterocycles. The third-order valence-corrected chi connectivity index (χ3v) is 3.92. The molecule has 2 aromatic rings. The molecule has 4 nitrogen and oxygen atoms in total. The topological polar surface area (TPSA) is 51.0 Å². The molecule has 1 aromatic carbocycles. The lowest BCUT2D eigenvalue weighted by Gasteiger charge is -2.07. The normalized spacial score (nSPS) is 18.6.